The maximum absolute atomic E-state index is 11.8. The third-order valence-corrected chi connectivity index (χ3v) is 2.62. The van der Waals surface area contributed by atoms with Crippen LogP contribution in [0.4, 0.5) is 11.4 Å². The minimum Gasteiger partial charge on any atom is -0.397 e. The summed E-state index contributed by atoms with van der Waals surface area (Å²) >= 11 is 5.81. The summed E-state index contributed by atoms with van der Waals surface area (Å²) in [7, 11) is 0. The number of carbonyl (C=O) groups is 1. The second kappa shape index (κ2) is 5.53. The second-order valence-electron chi connectivity index (χ2n) is 3.81. The number of nitrogen functional groups attached to an aromatic ring is 1. The van der Waals surface area contributed by atoms with E-state index in [2.05, 4.69) is 10.3 Å². The van der Waals surface area contributed by atoms with E-state index in [1.54, 1.807) is 24.3 Å². The van der Waals surface area contributed by atoms with Gasteiger partial charge in [0.1, 0.15) is 6.54 Å². The number of amides is 1. The number of anilines is 2. The van der Waals surface area contributed by atoms with E-state index in [0.29, 0.717) is 16.4 Å². The normalized spacial score (nSPS) is 10.2. The summed E-state index contributed by atoms with van der Waals surface area (Å²) in [5.41, 5.74) is 6.03. The van der Waals surface area contributed by atoms with Crippen molar-refractivity contribution in [3.05, 3.63) is 52.2 Å². The average molecular weight is 279 g/mol. The molecule has 2 rings (SSSR count). The van der Waals surface area contributed by atoms with Gasteiger partial charge in [0.15, 0.2) is 0 Å². The number of carbonyl (C=O) groups excluding carboxylic acids is 1. The summed E-state index contributed by atoms with van der Waals surface area (Å²) in [5.74, 6) is -0.385. The molecule has 19 heavy (non-hydrogen) atoms. The number of aromatic nitrogens is 2. The molecule has 0 aliphatic rings. The third-order valence-electron chi connectivity index (χ3n) is 2.39. The number of hydrogen-bond donors (Lipinski definition) is 2. The monoisotopic (exact) mass is 278 g/mol. The zero-order chi connectivity index (χ0) is 13.8. The molecule has 0 aliphatic heterocycles. The van der Waals surface area contributed by atoms with Crippen LogP contribution in [-0.4, -0.2) is 15.5 Å². The zero-order valence-electron chi connectivity index (χ0n) is 9.84. The van der Waals surface area contributed by atoms with Gasteiger partial charge < -0.3 is 11.1 Å². The lowest BCUT2D eigenvalue weighted by molar-refractivity contribution is -0.116. The van der Waals surface area contributed by atoms with Crippen molar-refractivity contribution < 1.29 is 4.79 Å². The lowest BCUT2D eigenvalue weighted by Crippen LogP contribution is -2.28. The van der Waals surface area contributed by atoms with E-state index < -0.39 is 5.69 Å². The van der Waals surface area contributed by atoms with Gasteiger partial charge in [-0.3, -0.25) is 9.36 Å². The summed E-state index contributed by atoms with van der Waals surface area (Å²) in [6.07, 6.45) is 2.85. The topological polar surface area (TPSA) is 90.0 Å². The highest BCUT2D eigenvalue weighted by Crippen LogP contribution is 2.22. The number of rotatable bonds is 3. The van der Waals surface area contributed by atoms with Crippen molar-refractivity contribution in [1.82, 2.24) is 9.55 Å². The van der Waals surface area contributed by atoms with Crippen molar-refractivity contribution in [3.63, 3.8) is 0 Å². The van der Waals surface area contributed by atoms with Crippen LogP contribution in [0.5, 0.6) is 0 Å². The van der Waals surface area contributed by atoms with E-state index in [0.717, 1.165) is 0 Å². The van der Waals surface area contributed by atoms with Crippen molar-refractivity contribution in [3.8, 4) is 0 Å². The fourth-order valence-corrected chi connectivity index (χ4v) is 1.66. The van der Waals surface area contributed by atoms with Crippen molar-refractivity contribution >= 4 is 28.9 Å². The summed E-state index contributed by atoms with van der Waals surface area (Å²) < 4.78 is 1.19. The molecule has 1 aromatic carbocycles. The first-order valence-corrected chi connectivity index (χ1v) is 5.80. The van der Waals surface area contributed by atoms with Crippen LogP contribution >= 0.6 is 11.6 Å². The van der Waals surface area contributed by atoms with E-state index in [9.17, 15) is 9.59 Å². The molecule has 98 valence electrons. The second-order valence-corrected chi connectivity index (χ2v) is 4.25. The van der Waals surface area contributed by atoms with Crippen LogP contribution in [0.15, 0.2) is 41.5 Å². The van der Waals surface area contributed by atoms with Crippen molar-refractivity contribution in [2.45, 2.75) is 6.54 Å². The zero-order valence-corrected chi connectivity index (χ0v) is 10.6. The van der Waals surface area contributed by atoms with E-state index in [4.69, 9.17) is 17.3 Å². The molecule has 0 unspecified atom stereocenters. The molecule has 7 heteroatoms. The minimum atomic E-state index is -0.489. The number of halogens is 1. The van der Waals surface area contributed by atoms with Crippen molar-refractivity contribution in [2.75, 3.05) is 11.1 Å². The Kier molecular flexibility index (Phi) is 3.82. The van der Waals surface area contributed by atoms with Crippen LogP contribution in [0.1, 0.15) is 0 Å². The fourth-order valence-electron chi connectivity index (χ4n) is 1.49. The first-order valence-electron chi connectivity index (χ1n) is 5.42. The van der Waals surface area contributed by atoms with Gasteiger partial charge in [0.25, 0.3) is 0 Å². The van der Waals surface area contributed by atoms with Crippen LogP contribution in [0.25, 0.3) is 0 Å². The van der Waals surface area contributed by atoms with Crippen LogP contribution in [0.2, 0.25) is 5.02 Å². The Hall–Kier alpha value is -2.34. The molecule has 0 bridgehead atoms. The molecular weight excluding hydrogens is 268 g/mol. The average Bonchev–Trinajstić information content (AvgIpc) is 2.37. The summed E-state index contributed by atoms with van der Waals surface area (Å²) in [6.45, 7) is -0.140. The van der Waals surface area contributed by atoms with Gasteiger partial charge in [0.2, 0.25) is 5.91 Å². The maximum atomic E-state index is 11.8. The van der Waals surface area contributed by atoms with Crippen molar-refractivity contribution in [2.24, 2.45) is 0 Å². The van der Waals surface area contributed by atoms with Gasteiger partial charge in [-0.2, -0.15) is 0 Å². The highest BCUT2D eigenvalue weighted by molar-refractivity contribution is 6.31. The molecule has 1 aromatic heterocycles. The number of benzene rings is 1. The molecule has 6 nitrogen and oxygen atoms in total. The van der Waals surface area contributed by atoms with Crippen LogP contribution < -0.4 is 16.7 Å². The predicted molar refractivity (Wildman–Crippen MR) is 73.0 cm³/mol. The van der Waals surface area contributed by atoms with Gasteiger partial charge in [0, 0.05) is 17.4 Å². The van der Waals surface area contributed by atoms with E-state index >= 15 is 0 Å². The Morgan fingerprint density at radius 3 is 3.00 bits per heavy atom. The molecule has 2 aromatic rings. The van der Waals surface area contributed by atoms with Gasteiger partial charge in [-0.05, 0) is 24.3 Å². The predicted octanol–water partition coefficient (Wildman–Crippen LogP) is 1.12. The summed E-state index contributed by atoms with van der Waals surface area (Å²) in [5, 5.41) is 3.05. The quantitative estimate of drug-likeness (QED) is 0.823. The number of hydrogen-bond acceptors (Lipinski definition) is 4. The fraction of sp³-hybridized carbons (Fsp3) is 0.0833. The Morgan fingerprint density at radius 1 is 1.47 bits per heavy atom. The van der Waals surface area contributed by atoms with Gasteiger partial charge in [-0.15, -0.1) is 0 Å². The minimum absolute atomic E-state index is 0.140. The van der Waals surface area contributed by atoms with E-state index in [1.165, 1.54) is 17.0 Å². The third kappa shape index (κ3) is 3.32. The number of nitrogens with zero attached hydrogens (tertiary/aromatic N) is 2. The lowest BCUT2D eigenvalue weighted by atomic mass is 10.2. The molecule has 0 aliphatic carbocycles. The Balaban J connectivity index is 2.12. The Labute approximate surface area is 113 Å². The van der Waals surface area contributed by atoms with Gasteiger partial charge in [0.05, 0.1) is 11.4 Å². The van der Waals surface area contributed by atoms with Crippen molar-refractivity contribution in [1.29, 1.82) is 0 Å². The summed E-state index contributed by atoms with van der Waals surface area (Å²) in [6, 6.07) is 6.33. The Bertz CT molecular complexity index is 669. The van der Waals surface area contributed by atoms with Crippen LogP contribution in [0.3, 0.4) is 0 Å². The SMILES string of the molecule is Nc1ccc(Cl)cc1NC(=O)Cn1cccnc1=O. The molecule has 1 amide bonds. The molecule has 0 radical (unpaired) electrons. The molecule has 1 heterocycles. The maximum Gasteiger partial charge on any atom is 0.347 e. The highest BCUT2D eigenvalue weighted by atomic mass is 35.5. The number of nitrogens with two attached hydrogens (primary N) is 1. The van der Waals surface area contributed by atoms with Gasteiger partial charge in [-0.1, -0.05) is 11.6 Å². The van der Waals surface area contributed by atoms with E-state index in [-0.39, 0.29) is 12.5 Å². The van der Waals surface area contributed by atoms with Crippen LogP contribution in [0, 0.1) is 0 Å². The summed E-state index contributed by atoms with van der Waals surface area (Å²) in [4.78, 5) is 26.7. The molecule has 0 fully saturated rings. The smallest absolute Gasteiger partial charge is 0.347 e. The highest BCUT2D eigenvalue weighted by Gasteiger charge is 2.07. The Morgan fingerprint density at radius 2 is 2.26 bits per heavy atom. The number of nitrogens with one attached hydrogen (secondary N) is 1. The molecular formula is C12H11ClN4O2. The molecule has 0 atom stereocenters. The van der Waals surface area contributed by atoms with E-state index in [1.807, 2.05) is 0 Å². The van der Waals surface area contributed by atoms with Crippen LogP contribution in [-0.2, 0) is 11.3 Å². The molecule has 0 spiro atoms. The van der Waals surface area contributed by atoms with Gasteiger partial charge in [-0.25, -0.2) is 9.78 Å². The largest absolute Gasteiger partial charge is 0.397 e. The lowest BCUT2D eigenvalue weighted by Gasteiger charge is -2.09. The first kappa shape index (κ1) is 13.1. The van der Waals surface area contributed by atoms with Gasteiger partial charge >= 0.3 is 5.69 Å². The first-order chi connectivity index (χ1) is 9.06. The standard InChI is InChI=1S/C12H11ClN4O2/c13-8-2-3-9(14)10(6-8)16-11(18)7-17-5-1-4-15-12(17)19/h1-6H,7,14H2,(H,16,18). The molecule has 3 N–H and O–H groups in total. The molecule has 0 saturated carbocycles. The molecule has 0 saturated heterocycles.